The van der Waals surface area contributed by atoms with Gasteiger partial charge in [-0.05, 0) is 29.7 Å². The number of amides is 2. The number of hydrogen-bond donors (Lipinski definition) is 2. The highest BCUT2D eigenvalue weighted by molar-refractivity contribution is 5.95. The van der Waals surface area contributed by atoms with E-state index >= 15 is 0 Å². The van der Waals surface area contributed by atoms with Crippen molar-refractivity contribution in [3.05, 3.63) is 23.8 Å². The Bertz CT molecular complexity index is 479. The molecule has 2 amide bonds. The van der Waals surface area contributed by atoms with Gasteiger partial charge in [0.1, 0.15) is 0 Å². The molecule has 116 valence electrons. The van der Waals surface area contributed by atoms with E-state index < -0.39 is 0 Å². The summed E-state index contributed by atoms with van der Waals surface area (Å²) in [5.74, 6) is 0.0903. The standard InChI is InChI=1S/C17H26N2O2/c1-10(2)13-7-14(18-16(20)11(3)4)9-15(8-13)19-17(21)12(5)6/h7-12H,1-6H3,(H,18,20)(H,19,21). The zero-order chi connectivity index (χ0) is 16.2. The van der Waals surface area contributed by atoms with Gasteiger partial charge in [-0.1, -0.05) is 41.5 Å². The highest BCUT2D eigenvalue weighted by Crippen LogP contribution is 2.25. The molecule has 0 saturated heterocycles. The Hall–Kier alpha value is -1.84. The lowest BCUT2D eigenvalue weighted by atomic mass is 10.0. The molecule has 21 heavy (non-hydrogen) atoms. The minimum atomic E-state index is -0.0820. The lowest BCUT2D eigenvalue weighted by molar-refractivity contribution is -0.119. The summed E-state index contributed by atoms with van der Waals surface area (Å²) < 4.78 is 0. The predicted molar refractivity (Wildman–Crippen MR) is 87.5 cm³/mol. The molecule has 4 nitrogen and oxygen atoms in total. The van der Waals surface area contributed by atoms with Crippen LogP contribution in [0.5, 0.6) is 0 Å². The van der Waals surface area contributed by atoms with Gasteiger partial charge < -0.3 is 10.6 Å². The van der Waals surface area contributed by atoms with Crippen LogP contribution in [-0.4, -0.2) is 11.8 Å². The predicted octanol–water partition coefficient (Wildman–Crippen LogP) is 4.00. The van der Waals surface area contributed by atoms with Gasteiger partial charge in [0.2, 0.25) is 11.8 Å². The number of nitrogens with one attached hydrogen (secondary N) is 2. The van der Waals surface area contributed by atoms with Crippen molar-refractivity contribution in [2.75, 3.05) is 10.6 Å². The second kappa shape index (κ2) is 7.25. The first-order chi connectivity index (χ1) is 9.70. The zero-order valence-electron chi connectivity index (χ0n) is 13.8. The van der Waals surface area contributed by atoms with Crippen LogP contribution in [0.1, 0.15) is 53.0 Å². The fourth-order valence-electron chi connectivity index (χ4n) is 1.70. The minimum Gasteiger partial charge on any atom is -0.326 e. The second-order valence-corrected chi connectivity index (χ2v) is 6.29. The molecule has 0 aliphatic carbocycles. The average Bonchev–Trinajstić information content (AvgIpc) is 2.37. The highest BCUT2D eigenvalue weighted by Gasteiger charge is 2.12. The Balaban J connectivity index is 3.06. The van der Waals surface area contributed by atoms with Gasteiger partial charge in [-0.15, -0.1) is 0 Å². The lowest BCUT2D eigenvalue weighted by Gasteiger charge is -2.15. The van der Waals surface area contributed by atoms with Crippen LogP contribution >= 0.6 is 0 Å². The molecule has 0 atom stereocenters. The van der Waals surface area contributed by atoms with Crippen LogP contribution in [0.4, 0.5) is 11.4 Å². The monoisotopic (exact) mass is 290 g/mol. The third-order valence-corrected chi connectivity index (χ3v) is 3.21. The SMILES string of the molecule is CC(C)C(=O)Nc1cc(NC(=O)C(C)C)cc(C(C)C)c1. The van der Waals surface area contributed by atoms with E-state index in [-0.39, 0.29) is 23.7 Å². The molecule has 0 bridgehead atoms. The van der Waals surface area contributed by atoms with Crippen LogP contribution < -0.4 is 10.6 Å². The molecule has 1 aromatic rings. The molecule has 0 aromatic heterocycles. The number of anilines is 2. The van der Waals surface area contributed by atoms with Gasteiger partial charge in [-0.2, -0.15) is 0 Å². The van der Waals surface area contributed by atoms with Crippen LogP contribution in [0, 0.1) is 11.8 Å². The maximum absolute atomic E-state index is 11.8. The summed E-state index contributed by atoms with van der Waals surface area (Å²) in [6.45, 7) is 11.6. The minimum absolute atomic E-state index is 0.0305. The van der Waals surface area contributed by atoms with Gasteiger partial charge in [0, 0.05) is 23.2 Å². The smallest absolute Gasteiger partial charge is 0.226 e. The van der Waals surface area contributed by atoms with Crippen molar-refractivity contribution < 1.29 is 9.59 Å². The van der Waals surface area contributed by atoms with Crippen molar-refractivity contribution in [2.45, 2.75) is 47.5 Å². The van der Waals surface area contributed by atoms with Gasteiger partial charge in [0.05, 0.1) is 0 Å². The van der Waals surface area contributed by atoms with E-state index in [2.05, 4.69) is 24.5 Å². The maximum atomic E-state index is 11.8. The van der Waals surface area contributed by atoms with Crippen LogP contribution in [0.15, 0.2) is 18.2 Å². The van der Waals surface area contributed by atoms with Crippen LogP contribution in [0.3, 0.4) is 0 Å². The molecule has 2 N–H and O–H groups in total. The van der Waals surface area contributed by atoms with E-state index in [4.69, 9.17) is 0 Å². The van der Waals surface area contributed by atoms with E-state index in [0.29, 0.717) is 5.92 Å². The summed E-state index contributed by atoms with van der Waals surface area (Å²) in [7, 11) is 0. The Kier molecular flexibility index (Phi) is 5.94. The molecular weight excluding hydrogens is 264 g/mol. The first kappa shape index (κ1) is 17.2. The third kappa shape index (κ3) is 5.21. The van der Waals surface area contributed by atoms with Gasteiger partial charge in [0.15, 0.2) is 0 Å². The first-order valence-corrected chi connectivity index (χ1v) is 7.47. The maximum Gasteiger partial charge on any atom is 0.226 e. The quantitative estimate of drug-likeness (QED) is 0.861. The molecule has 1 rings (SSSR count). The highest BCUT2D eigenvalue weighted by atomic mass is 16.2. The fraction of sp³-hybridized carbons (Fsp3) is 0.529. The average molecular weight is 290 g/mol. The molecule has 0 unspecified atom stereocenters. The summed E-state index contributed by atoms with van der Waals surface area (Å²) in [4.78, 5) is 23.7. The molecule has 0 radical (unpaired) electrons. The normalized spacial score (nSPS) is 11.1. The van der Waals surface area contributed by atoms with Gasteiger partial charge in [0.25, 0.3) is 0 Å². The fourth-order valence-corrected chi connectivity index (χ4v) is 1.70. The molecule has 4 heteroatoms. The number of benzene rings is 1. The van der Waals surface area contributed by atoms with Crippen LogP contribution in [-0.2, 0) is 9.59 Å². The Morgan fingerprint density at radius 3 is 1.43 bits per heavy atom. The van der Waals surface area contributed by atoms with Crippen molar-refractivity contribution in [3.63, 3.8) is 0 Å². The molecule has 0 heterocycles. The summed E-state index contributed by atoms with van der Waals surface area (Å²) in [6, 6.07) is 5.71. The summed E-state index contributed by atoms with van der Waals surface area (Å²) >= 11 is 0. The number of hydrogen-bond acceptors (Lipinski definition) is 2. The number of rotatable bonds is 5. The van der Waals surface area contributed by atoms with E-state index in [1.807, 2.05) is 39.8 Å². The Morgan fingerprint density at radius 2 is 1.14 bits per heavy atom. The third-order valence-electron chi connectivity index (χ3n) is 3.21. The van der Waals surface area contributed by atoms with E-state index in [0.717, 1.165) is 16.9 Å². The molecule has 0 spiro atoms. The van der Waals surface area contributed by atoms with E-state index in [9.17, 15) is 9.59 Å². The van der Waals surface area contributed by atoms with Gasteiger partial charge >= 0.3 is 0 Å². The summed E-state index contributed by atoms with van der Waals surface area (Å²) in [6.07, 6.45) is 0. The van der Waals surface area contributed by atoms with E-state index in [1.54, 1.807) is 6.07 Å². The zero-order valence-corrected chi connectivity index (χ0v) is 13.8. The van der Waals surface area contributed by atoms with E-state index in [1.165, 1.54) is 0 Å². The second-order valence-electron chi connectivity index (χ2n) is 6.29. The molecule has 0 saturated carbocycles. The van der Waals surface area contributed by atoms with Crippen molar-refractivity contribution in [1.29, 1.82) is 0 Å². The first-order valence-electron chi connectivity index (χ1n) is 7.47. The summed E-state index contributed by atoms with van der Waals surface area (Å²) in [5, 5.41) is 5.78. The van der Waals surface area contributed by atoms with Crippen LogP contribution in [0.25, 0.3) is 0 Å². The molecule has 0 aliphatic heterocycles. The van der Waals surface area contributed by atoms with Crippen LogP contribution in [0.2, 0.25) is 0 Å². The van der Waals surface area contributed by atoms with Crippen molar-refractivity contribution in [1.82, 2.24) is 0 Å². The molecular formula is C17H26N2O2. The van der Waals surface area contributed by atoms with Gasteiger partial charge in [-0.3, -0.25) is 9.59 Å². The number of carbonyl (C=O) groups is 2. The van der Waals surface area contributed by atoms with Gasteiger partial charge in [-0.25, -0.2) is 0 Å². The topological polar surface area (TPSA) is 58.2 Å². The van der Waals surface area contributed by atoms with Crippen molar-refractivity contribution in [2.24, 2.45) is 11.8 Å². The number of carbonyl (C=O) groups excluding carboxylic acids is 2. The Morgan fingerprint density at radius 1 is 0.762 bits per heavy atom. The largest absolute Gasteiger partial charge is 0.326 e. The molecule has 0 fully saturated rings. The summed E-state index contributed by atoms with van der Waals surface area (Å²) in [5.41, 5.74) is 2.52. The van der Waals surface area contributed by atoms with Crippen molar-refractivity contribution >= 4 is 23.2 Å². The molecule has 0 aliphatic rings. The van der Waals surface area contributed by atoms with Crippen molar-refractivity contribution in [3.8, 4) is 0 Å². The molecule has 1 aromatic carbocycles. The Labute approximate surface area is 127 Å². The lowest BCUT2D eigenvalue weighted by Crippen LogP contribution is -2.20.